The summed E-state index contributed by atoms with van der Waals surface area (Å²) in [5.74, 6) is 2.06. The lowest BCUT2D eigenvalue weighted by atomic mass is 9.99. The summed E-state index contributed by atoms with van der Waals surface area (Å²) in [6, 6.07) is 10.6. The Kier molecular flexibility index (Phi) is 11.6. The van der Waals surface area contributed by atoms with E-state index in [1.165, 1.54) is 5.56 Å². The fourth-order valence-corrected chi connectivity index (χ4v) is 4.16. The van der Waals surface area contributed by atoms with Crippen LogP contribution < -0.4 is 10.6 Å². The summed E-state index contributed by atoms with van der Waals surface area (Å²) >= 11 is 2.04. The van der Waals surface area contributed by atoms with Gasteiger partial charge in [-0.3, -0.25) is 4.99 Å². The topological polar surface area (TPSA) is 45.7 Å². The Labute approximate surface area is 174 Å². The zero-order valence-corrected chi connectivity index (χ0v) is 18.6. The smallest absolute Gasteiger partial charge is 0.191 e. The molecule has 1 aliphatic heterocycles. The van der Waals surface area contributed by atoms with Crippen molar-refractivity contribution in [3.63, 3.8) is 0 Å². The van der Waals surface area contributed by atoms with Gasteiger partial charge in [0, 0.05) is 31.1 Å². The van der Waals surface area contributed by atoms with Crippen LogP contribution in [0, 0.1) is 0 Å². The number of thioether (sulfide) groups is 1. The van der Waals surface area contributed by atoms with Gasteiger partial charge in [-0.15, -0.1) is 24.0 Å². The molecule has 25 heavy (non-hydrogen) atoms. The highest BCUT2D eigenvalue weighted by Gasteiger charge is 2.32. The van der Waals surface area contributed by atoms with Crippen LogP contribution in [0.3, 0.4) is 0 Å². The van der Waals surface area contributed by atoms with Crippen molar-refractivity contribution in [2.75, 3.05) is 38.6 Å². The molecule has 2 rings (SSSR count). The minimum Gasteiger partial charge on any atom is -0.381 e. The molecule has 0 bridgehead atoms. The number of halogens is 1. The zero-order chi connectivity index (χ0) is 17.1. The standard InChI is InChI=1S/C19H31N3OS.HI/c1-3-20-18(21-13-10-17-8-6-5-7-9-17)22-16-19(24-4-2)11-14-23-15-12-19;/h5-9H,3-4,10-16H2,1-2H3,(H2,20,21,22);1H. The van der Waals surface area contributed by atoms with Crippen LogP contribution in [0.5, 0.6) is 0 Å². The lowest BCUT2D eigenvalue weighted by Crippen LogP contribution is -2.41. The van der Waals surface area contributed by atoms with Gasteiger partial charge in [0.15, 0.2) is 5.96 Å². The third-order valence-corrected chi connectivity index (χ3v) is 5.71. The van der Waals surface area contributed by atoms with Crippen LogP contribution in [0.4, 0.5) is 0 Å². The number of ether oxygens (including phenoxy) is 1. The molecule has 142 valence electrons. The van der Waals surface area contributed by atoms with Gasteiger partial charge in [0.25, 0.3) is 0 Å². The first-order valence-corrected chi connectivity index (χ1v) is 10.0. The molecule has 0 saturated carbocycles. The summed E-state index contributed by atoms with van der Waals surface area (Å²) in [4.78, 5) is 4.88. The fourth-order valence-electron chi connectivity index (χ4n) is 2.93. The first kappa shape index (κ1) is 22.6. The first-order valence-electron chi connectivity index (χ1n) is 9.06. The highest BCUT2D eigenvalue weighted by Crippen LogP contribution is 2.35. The van der Waals surface area contributed by atoms with E-state index < -0.39 is 0 Å². The van der Waals surface area contributed by atoms with Crippen molar-refractivity contribution >= 4 is 41.7 Å². The van der Waals surface area contributed by atoms with Gasteiger partial charge >= 0.3 is 0 Å². The van der Waals surface area contributed by atoms with Crippen molar-refractivity contribution in [1.82, 2.24) is 10.6 Å². The van der Waals surface area contributed by atoms with E-state index in [9.17, 15) is 0 Å². The molecule has 0 aliphatic carbocycles. The Morgan fingerprint density at radius 1 is 1.16 bits per heavy atom. The van der Waals surface area contributed by atoms with Crippen LogP contribution in [0.1, 0.15) is 32.3 Å². The fraction of sp³-hybridized carbons (Fsp3) is 0.632. The average Bonchev–Trinajstić information content (AvgIpc) is 2.62. The minimum atomic E-state index is 0. The number of nitrogens with zero attached hydrogens (tertiary/aromatic N) is 1. The molecule has 0 spiro atoms. The van der Waals surface area contributed by atoms with Gasteiger partial charge in [-0.05, 0) is 37.5 Å². The Balaban J connectivity index is 0.00000312. The summed E-state index contributed by atoms with van der Waals surface area (Å²) in [6.45, 7) is 8.70. The van der Waals surface area contributed by atoms with Crippen LogP contribution in [0.25, 0.3) is 0 Å². The number of rotatable bonds is 8. The lowest BCUT2D eigenvalue weighted by molar-refractivity contribution is 0.0793. The predicted molar refractivity (Wildman–Crippen MR) is 120 cm³/mol. The van der Waals surface area contributed by atoms with Gasteiger partial charge < -0.3 is 15.4 Å². The summed E-state index contributed by atoms with van der Waals surface area (Å²) in [6.07, 6.45) is 3.20. The molecular weight excluding hydrogens is 445 g/mol. The Morgan fingerprint density at radius 2 is 1.88 bits per heavy atom. The lowest BCUT2D eigenvalue weighted by Gasteiger charge is -2.35. The van der Waals surface area contributed by atoms with Gasteiger partial charge in [-0.1, -0.05) is 37.3 Å². The van der Waals surface area contributed by atoms with Crippen molar-refractivity contribution in [1.29, 1.82) is 0 Å². The maximum Gasteiger partial charge on any atom is 0.191 e. The van der Waals surface area contributed by atoms with Crippen molar-refractivity contribution in [3.8, 4) is 0 Å². The number of nitrogens with one attached hydrogen (secondary N) is 2. The van der Waals surface area contributed by atoms with E-state index >= 15 is 0 Å². The monoisotopic (exact) mass is 477 g/mol. The largest absolute Gasteiger partial charge is 0.381 e. The van der Waals surface area contributed by atoms with Crippen molar-refractivity contribution in [3.05, 3.63) is 35.9 Å². The van der Waals surface area contributed by atoms with E-state index in [1.807, 2.05) is 11.8 Å². The van der Waals surface area contributed by atoms with Gasteiger partial charge in [-0.25, -0.2) is 0 Å². The maximum absolute atomic E-state index is 5.55. The highest BCUT2D eigenvalue weighted by molar-refractivity contribution is 14.0. The number of aliphatic imine (C=N–C) groups is 1. The molecule has 1 heterocycles. The predicted octanol–water partition coefficient (Wildman–Crippen LogP) is 3.70. The number of guanidine groups is 1. The van der Waals surface area contributed by atoms with Crippen molar-refractivity contribution in [2.45, 2.75) is 37.9 Å². The van der Waals surface area contributed by atoms with Crippen molar-refractivity contribution in [2.24, 2.45) is 4.99 Å². The maximum atomic E-state index is 5.55. The van der Waals surface area contributed by atoms with Crippen molar-refractivity contribution < 1.29 is 4.74 Å². The molecule has 0 unspecified atom stereocenters. The second kappa shape index (κ2) is 12.8. The molecule has 2 N–H and O–H groups in total. The van der Waals surface area contributed by atoms with Gasteiger partial charge in [0.2, 0.25) is 0 Å². The summed E-state index contributed by atoms with van der Waals surface area (Å²) < 4.78 is 5.79. The van der Waals surface area contributed by atoms with E-state index in [1.54, 1.807) is 0 Å². The first-order chi connectivity index (χ1) is 11.8. The summed E-state index contributed by atoms with van der Waals surface area (Å²) in [5.41, 5.74) is 1.35. The molecule has 1 aromatic carbocycles. The van der Waals surface area contributed by atoms with E-state index in [0.29, 0.717) is 0 Å². The third kappa shape index (κ3) is 8.17. The number of hydrogen-bond acceptors (Lipinski definition) is 3. The summed E-state index contributed by atoms with van der Waals surface area (Å²) in [7, 11) is 0. The van der Waals surface area contributed by atoms with Gasteiger partial charge in [-0.2, -0.15) is 11.8 Å². The Hall–Kier alpha value is -0.470. The van der Waals surface area contributed by atoms with E-state index in [-0.39, 0.29) is 28.7 Å². The molecule has 0 aromatic heterocycles. The van der Waals surface area contributed by atoms with Crippen LogP contribution in [0.2, 0.25) is 0 Å². The SMILES string of the molecule is CCNC(=NCC1(SCC)CCOCC1)NCCc1ccccc1.I. The molecule has 0 atom stereocenters. The molecule has 6 heteroatoms. The Bertz CT molecular complexity index is 487. The molecule has 1 saturated heterocycles. The second-order valence-electron chi connectivity index (χ2n) is 6.09. The van der Waals surface area contributed by atoms with Crippen LogP contribution in [-0.4, -0.2) is 49.3 Å². The van der Waals surface area contributed by atoms with Crippen LogP contribution in [0.15, 0.2) is 35.3 Å². The molecule has 0 amide bonds. The third-order valence-electron chi connectivity index (χ3n) is 4.27. The second-order valence-corrected chi connectivity index (χ2v) is 7.82. The van der Waals surface area contributed by atoms with E-state index in [2.05, 4.69) is 54.8 Å². The highest BCUT2D eigenvalue weighted by atomic mass is 127. The normalized spacial score (nSPS) is 16.8. The number of benzene rings is 1. The van der Waals surface area contributed by atoms with Crippen LogP contribution >= 0.6 is 35.7 Å². The molecule has 0 radical (unpaired) electrons. The molecule has 1 aromatic rings. The molecule has 1 fully saturated rings. The summed E-state index contributed by atoms with van der Waals surface area (Å²) in [5, 5.41) is 6.83. The zero-order valence-electron chi connectivity index (χ0n) is 15.4. The van der Waals surface area contributed by atoms with Gasteiger partial charge in [0.1, 0.15) is 0 Å². The number of hydrogen-bond donors (Lipinski definition) is 2. The quantitative estimate of drug-likeness (QED) is 0.341. The van der Waals surface area contributed by atoms with E-state index in [4.69, 9.17) is 9.73 Å². The minimum absolute atomic E-state index is 0. The average molecular weight is 477 g/mol. The van der Waals surface area contributed by atoms with E-state index in [0.717, 1.165) is 63.8 Å². The molecule has 4 nitrogen and oxygen atoms in total. The molecular formula is C19H32IN3OS. The van der Waals surface area contributed by atoms with Gasteiger partial charge in [0.05, 0.1) is 6.54 Å². The molecule has 1 aliphatic rings. The van der Waals surface area contributed by atoms with Crippen LogP contribution in [-0.2, 0) is 11.2 Å². The Morgan fingerprint density at radius 3 is 2.52 bits per heavy atom.